The molecule has 1 amide bonds. The van der Waals surface area contributed by atoms with Crippen LogP contribution >= 0.6 is 0 Å². The van der Waals surface area contributed by atoms with Crippen LogP contribution in [0.2, 0.25) is 0 Å². The number of amides is 1. The standard InChI is InChI=1S/C23H16N6O2/c30-22(26-17-10-5-2-6-11-17)19-14-29(15-25-19)21-18(12-7-13-24-21)23-27-20(28-31-23)16-8-3-1-4-9-16/h1-15H,(H,26,30). The van der Waals surface area contributed by atoms with Crippen LogP contribution in [-0.2, 0) is 0 Å². The summed E-state index contributed by atoms with van der Waals surface area (Å²) in [6.07, 6.45) is 4.79. The Morgan fingerprint density at radius 1 is 0.903 bits per heavy atom. The third-order valence-corrected chi connectivity index (χ3v) is 4.57. The van der Waals surface area contributed by atoms with Gasteiger partial charge in [-0.1, -0.05) is 53.7 Å². The molecule has 2 aromatic carbocycles. The number of nitrogens with zero attached hydrogens (tertiary/aromatic N) is 5. The highest BCUT2D eigenvalue weighted by Gasteiger charge is 2.18. The molecule has 5 aromatic rings. The number of benzene rings is 2. The Morgan fingerprint density at radius 3 is 2.48 bits per heavy atom. The molecule has 3 heterocycles. The molecule has 0 saturated heterocycles. The van der Waals surface area contributed by atoms with E-state index in [1.54, 1.807) is 23.0 Å². The number of hydrogen-bond donors (Lipinski definition) is 1. The van der Waals surface area contributed by atoms with Gasteiger partial charge in [0.15, 0.2) is 5.82 Å². The first-order chi connectivity index (χ1) is 15.3. The first kappa shape index (κ1) is 18.4. The van der Waals surface area contributed by atoms with Crippen LogP contribution in [0.5, 0.6) is 0 Å². The number of nitrogens with one attached hydrogen (secondary N) is 1. The van der Waals surface area contributed by atoms with Gasteiger partial charge in [0.05, 0.1) is 5.56 Å². The summed E-state index contributed by atoms with van der Waals surface area (Å²) in [4.78, 5) is 25.7. The molecule has 3 aromatic heterocycles. The zero-order valence-corrected chi connectivity index (χ0v) is 16.2. The third kappa shape index (κ3) is 3.82. The van der Waals surface area contributed by atoms with Crippen molar-refractivity contribution < 1.29 is 9.32 Å². The van der Waals surface area contributed by atoms with E-state index in [0.717, 1.165) is 5.56 Å². The van der Waals surface area contributed by atoms with Crippen molar-refractivity contribution in [3.63, 3.8) is 0 Å². The lowest BCUT2D eigenvalue weighted by Gasteiger charge is -2.05. The summed E-state index contributed by atoms with van der Waals surface area (Å²) in [6.45, 7) is 0. The Morgan fingerprint density at radius 2 is 1.68 bits per heavy atom. The fourth-order valence-corrected chi connectivity index (χ4v) is 3.08. The molecule has 0 radical (unpaired) electrons. The fourth-order valence-electron chi connectivity index (χ4n) is 3.08. The molecule has 0 spiro atoms. The van der Waals surface area contributed by atoms with Gasteiger partial charge in [0.25, 0.3) is 11.8 Å². The van der Waals surface area contributed by atoms with Crippen molar-refractivity contribution in [3.05, 3.63) is 97.2 Å². The minimum atomic E-state index is -0.313. The molecule has 0 aliphatic carbocycles. The molecule has 1 N–H and O–H groups in total. The van der Waals surface area contributed by atoms with Crippen molar-refractivity contribution in [1.29, 1.82) is 0 Å². The van der Waals surface area contributed by atoms with Crippen LogP contribution in [0.4, 0.5) is 5.69 Å². The van der Waals surface area contributed by atoms with Gasteiger partial charge in [-0.05, 0) is 24.3 Å². The predicted octanol–water partition coefficient (Wildman–Crippen LogP) is 4.24. The highest BCUT2D eigenvalue weighted by molar-refractivity contribution is 6.02. The predicted molar refractivity (Wildman–Crippen MR) is 114 cm³/mol. The molecule has 0 unspecified atom stereocenters. The quantitative estimate of drug-likeness (QED) is 0.467. The zero-order valence-electron chi connectivity index (χ0n) is 16.2. The maximum Gasteiger partial charge on any atom is 0.275 e. The summed E-state index contributed by atoms with van der Waals surface area (Å²) in [5, 5.41) is 6.89. The fraction of sp³-hybridized carbons (Fsp3) is 0. The first-order valence-corrected chi connectivity index (χ1v) is 9.53. The van der Waals surface area contributed by atoms with E-state index in [9.17, 15) is 4.79 Å². The van der Waals surface area contributed by atoms with Crippen LogP contribution in [0.3, 0.4) is 0 Å². The second kappa shape index (κ2) is 8.03. The van der Waals surface area contributed by atoms with Crippen LogP contribution in [0.15, 0.2) is 96.0 Å². The molecule has 5 rings (SSSR count). The summed E-state index contributed by atoms with van der Waals surface area (Å²) < 4.78 is 7.14. The average molecular weight is 408 g/mol. The Hall–Kier alpha value is -4.59. The molecule has 0 bridgehead atoms. The molecule has 0 aliphatic heterocycles. The molecule has 8 heteroatoms. The average Bonchev–Trinajstić information content (AvgIpc) is 3.51. The van der Waals surface area contributed by atoms with E-state index in [0.29, 0.717) is 28.8 Å². The van der Waals surface area contributed by atoms with E-state index in [-0.39, 0.29) is 11.6 Å². The number of carbonyl (C=O) groups excluding carboxylic acids is 1. The molecule has 0 atom stereocenters. The molecular formula is C23H16N6O2. The molecular weight excluding hydrogens is 392 g/mol. The second-order valence-electron chi connectivity index (χ2n) is 6.65. The first-order valence-electron chi connectivity index (χ1n) is 9.53. The smallest absolute Gasteiger partial charge is 0.275 e. The van der Waals surface area contributed by atoms with Crippen LogP contribution in [-0.4, -0.2) is 30.6 Å². The lowest BCUT2D eigenvalue weighted by molar-refractivity contribution is 0.102. The van der Waals surface area contributed by atoms with Gasteiger partial charge in [0.1, 0.15) is 12.0 Å². The normalized spacial score (nSPS) is 10.7. The van der Waals surface area contributed by atoms with E-state index in [1.165, 1.54) is 6.33 Å². The molecule has 8 nitrogen and oxygen atoms in total. The van der Waals surface area contributed by atoms with Crippen LogP contribution in [0.1, 0.15) is 10.5 Å². The van der Waals surface area contributed by atoms with Gasteiger partial charge in [-0.2, -0.15) is 4.98 Å². The van der Waals surface area contributed by atoms with Gasteiger partial charge in [0, 0.05) is 23.6 Å². The number of pyridine rings is 1. The highest BCUT2D eigenvalue weighted by Crippen LogP contribution is 2.26. The summed E-state index contributed by atoms with van der Waals surface area (Å²) in [7, 11) is 0. The van der Waals surface area contributed by atoms with E-state index >= 15 is 0 Å². The Labute approximate surface area is 177 Å². The van der Waals surface area contributed by atoms with Crippen molar-refractivity contribution in [2.24, 2.45) is 0 Å². The molecule has 0 fully saturated rings. The number of rotatable bonds is 5. The highest BCUT2D eigenvalue weighted by atomic mass is 16.5. The summed E-state index contributed by atoms with van der Waals surface area (Å²) in [6, 6.07) is 22.4. The van der Waals surface area contributed by atoms with Gasteiger partial charge in [-0.25, -0.2) is 9.97 Å². The minimum Gasteiger partial charge on any atom is -0.333 e. The molecule has 31 heavy (non-hydrogen) atoms. The molecule has 150 valence electrons. The summed E-state index contributed by atoms with van der Waals surface area (Å²) >= 11 is 0. The number of aromatic nitrogens is 5. The SMILES string of the molecule is O=C(Nc1ccccc1)c1cn(-c2ncccc2-c2nc(-c3ccccc3)no2)cn1. The van der Waals surface area contributed by atoms with Crippen molar-refractivity contribution in [2.75, 3.05) is 5.32 Å². The van der Waals surface area contributed by atoms with Gasteiger partial charge in [0.2, 0.25) is 5.82 Å². The van der Waals surface area contributed by atoms with Crippen LogP contribution < -0.4 is 5.32 Å². The van der Waals surface area contributed by atoms with Crippen molar-refractivity contribution in [2.45, 2.75) is 0 Å². The monoisotopic (exact) mass is 408 g/mol. The number of hydrogen-bond acceptors (Lipinski definition) is 6. The van der Waals surface area contributed by atoms with Crippen molar-refractivity contribution in [1.82, 2.24) is 24.7 Å². The Bertz CT molecular complexity index is 1330. The van der Waals surface area contributed by atoms with Crippen LogP contribution in [0.25, 0.3) is 28.7 Å². The maximum absolute atomic E-state index is 12.5. The maximum atomic E-state index is 12.5. The minimum absolute atomic E-state index is 0.260. The number of imidazole rings is 1. The Kier molecular flexibility index (Phi) is 4.78. The molecule has 0 aliphatic rings. The van der Waals surface area contributed by atoms with Crippen molar-refractivity contribution >= 4 is 11.6 Å². The Balaban J connectivity index is 1.44. The van der Waals surface area contributed by atoms with Gasteiger partial charge in [-0.15, -0.1) is 0 Å². The van der Waals surface area contributed by atoms with Crippen molar-refractivity contribution in [3.8, 4) is 28.7 Å². The van der Waals surface area contributed by atoms with E-state index in [4.69, 9.17) is 4.52 Å². The number of carbonyl (C=O) groups is 1. The third-order valence-electron chi connectivity index (χ3n) is 4.57. The largest absolute Gasteiger partial charge is 0.333 e. The number of para-hydroxylation sites is 1. The van der Waals surface area contributed by atoms with E-state index in [1.807, 2.05) is 66.7 Å². The van der Waals surface area contributed by atoms with Gasteiger partial charge >= 0.3 is 0 Å². The second-order valence-corrected chi connectivity index (χ2v) is 6.65. The zero-order chi connectivity index (χ0) is 21.0. The van der Waals surface area contributed by atoms with Gasteiger partial charge < -0.3 is 9.84 Å². The number of anilines is 1. The lowest BCUT2D eigenvalue weighted by Crippen LogP contribution is -2.12. The summed E-state index contributed by atoms with van der Waals surface area (Å²) in [5.74, 6) is 1.02. The lowest BCUT2D eigenvalue weighted by atomic mass is 10.2. The molecule has 0 saturated carbocycles. The van der Waals surface area contributed by atoms with E-state index < -0.39 is 0 Å². The topological polar surface area (TPSA) is 98.7 Å². The van der Waals surface area contributed by atoms with Crippen LogP contribution in [0, 0.1) is 0 Å². The van der Waals surface area contributed by atoms with E-state index in [2.05, 4.69) is 25.4 Å². The van der Waals surface area contributed by atoms with Gasteiger partial charge in [-0.3, -0.25) is 9.36 Å². The summed E-state index contributed by atoms with van der Waals surface area (Å²) in [5.41, 5.74) is 2.44.